The van der Waals surface area contributed by atoms with E-state index in [9.17, 15) is 4.79 Å². The van der Waals surface area contributed by atoms with E-state index in [0.717, 1.165) is 16.6 Å². The third-order valence-corrected chi connectivity index (χ3v) is 6.28. The number of hydrogen-bond donors (Lipinski definition) is 0. The molecule has 1 amide bonds. The lowest BCUT2D eigenvalue weighted by Gasteiger charge is -2.32. The highest BCUT2D eigenvalue weighted by Crippen LogP contribution is 2.39. The van der Waals surface area contributed by atoms with Gasteiger partial charge in [-0.25, -0.2) is 0 Å². The molecule has 4 nitrogen and oxygen atoms in total. The van der Waals surface area contributed by atoms with E-state index in [4.69, 9.17) is 9.31 Å². The van der Waals surface area contributed by atoms with Crippen LogP contribution < -0.4 is 5.46 Å². The second-order valence-electron chi connectivity index (χ2n) is 8.52. The van der Waals surface area contributed by atoms with Crippen molar-refractivity contribution in [3.8, 4) is 0 Å². The molecule has 4 rings (SSSR count). The van der Waals surface area contributed by atoms with Crippen molar-refractivity contribution in [3.05, 3.63) is 29.3 Å². The van der Waals surface area contributed by atoms with Crippen LogP contribution in [0, 0.1) is 5.92 Å². The summed E-state index contributed by atoms with van der Waals surface area (Å²) in [5.74, 6) is 0.857. The van der Waals surface area contributed by atoms with Gasteiger partial charge in [0.1, 0.15) is 0 Å². The fourth-order valence-electron chi connectivity index (χ4n) is 3.65. The summed E-state index contributed by atoms with van der Waals surface area (Å²) >= 11 is 0. The first kappa shape index (κ1) is 16.2. The van der Waals surface area contributed by atoms with E-state index in [0.29, 0.717) is 18.5 Å². The minimum absolute atomic E-state index is 0.171. The van der Waals surface area contributed by atoms with Gasteiger partial charge in [0.15, 0.2) is 0 Å². The number of fused-ring (bicyclic) bond motifs is 1. The molecular weight excluding hydrogens is 301 g/mol. The molecule has 3 aliphatic rings. The topological polar surface area (TPSA) is 38.8 Å². The van der Waals surface area contributed by atoms with Gasteiger partial charge in [0.25, 0.3) is 5.91 Å². The van der Waals surface area contributed by atoms with Crippen molar-refractivity contribution < 1.29 is 14.1 Å². The predicted octanol–water partition coefficient (Wildman–Crippen LogP) is 2.74. The van der Waals surface area contributed by atoms with E-state index in [1.165, 1.54) is 12.8 Å². The van der Waals surface area contributed by atoms with Crippen molar-refractivity contribution >= 4 is 18.5 Å². The summed E-state index contributed by atoms with van der Waals surface area (Å²) in [4.78, 5) is 14.7. The van der Waals surface area contributed by atoms with Crippen LogP contribution in [-0.4, -0.2) is 35.2 Å². The van der Waals surface area contributed by atoms with Gasteiger partial charge in [-0.1, -0.05) is 12.1 Å². The Kier molecular flexibility index (Phi) is 3.43. The Labute approximate surface area is 144 Å². The highest BCUT2D eigenvalue weighted by Gasteiger charge is 2.52. The van der Waals surface area contributed by atoms with Gasteiger partial charge in [-0.15, -0.1) is 0 Å². The van der Waals surface area contributed by atoms with Crippen molar-refractivity contribution in [2.45, 2.75) is 71.2 Å². The summed E-state index contributed by atoms with van der Waals surface area (Å²) in [7, 11) is -0.370. The molecule has 1 atom stereocenters. The minimum Gasteiger partial charge on any atom is -0.399 e. The maximum absolute atomic E-state index is 12.7. The smallest absolute Gasteiger partial charge is 0.399 e. The van der Waals surface area contributed by atoms with Crippen LogP contribution in [0.4, 0.5) is 0 Å². The Balaban J connectivity index is 1.58. The van der Waals surface area contributed by atoms with E-state index < -0.39 is 0 Å². The summed E-state index contributed by atoms with van der Waals surface area (Å²) in [5, 5.41) is 0. The Morgan fingerprint density at radius 3 is 2.38 bits per heavy atom. The lowest BCUT2D eigenvalue weighted by molar-refractivity contribution is 0.00578. The quantitative estimate of drug-likeness (QED) is 0.802. The lowest BCUT2D eigenvalue weighted by Crippen LogP contribution is -2.41. The Morgan fingerprint density at radius 1 is 1.17 bits per heavy atom. The molecule has 2 aliphatic heterocycles. The number of benzene rings is 1. The molecule has 1 unspecified atom stereocenters. The SMILES string of the molecule is CC(C1CC1)N1Cc2cc(B3OC(C)(C)C(C)(C)O3)ccc2C1=O. The molecule has 0 N–H and O–H groups in total. The van der Waals surface area contributed by atoms with Crippen molar-refractivity contribution in [3.63, 3.8) is 0 Å². The largest absolute Gasteiger partial charge is 0.494 e. The van der Waals surface area contributed by atoms with Crippen LogP contribution in [0.15, 0.2) is 18.2 Å². The molecule has 1 aromatic carbocycles. The molecule has 1 saturated carbocycles. The van der Waals surface area contributed by atoms with Gasteiger partial charge in [0, 0.05) is 18.2 Å². The molecule has 0 bridgehead atoms. The Hall–Kier alpha value is -1.33. The molecule has 5 heteroatoms. The number of nitrogens with zero attached hydrogens (tertiary/aromatic N) is 1. The zero-order chi connectivity index (χ0) is 17.3. The number of carbonyl (C=O) groups excluding carboxylic acids is 1. The zero-order valence-electron chi connectivity index (χ0n) is 15.3. The monoisotopic (exact) mass is 327 g/mol. The fourth-order valence-corrected chi connectivity index (χ4v) is 3.65. The van der Waals surface area contributed by atoms with Crippen LogP contribution in [0.1, 0.15) is 63.4 Å². The number of hydrogen-bond acceptors (Lipinski definition) is 3. The molecule has 1 aliphatic carbocycles. The van der Waals surface area contributed by atoms with Crippen LogP contribution in [0.25, 0.3) is 0 Å². The highest BCUT2D eigenvalue weighted by molar-refractivity contribution is 6.62. The third kappa shape index (κ3) is 2.41. The van der Waals surface area contributed by atoms with Gasteiger partial charge in [-0.05, 0) is 70.5 Å². The standard InChI is InChI=1S/C19H26BNO3/c1-12(13-6-7-13)21-11-14-10-15(8-9-16(14)17(21)22)20-23-18(2,3)19(4,5)24-20/h8-10,12-13H,6-7,11H2,1-5H3. The Morgan fingerprint density at radius 2 is 1.79 bits per heavy atom. The van der Waals surface area contributed by atoms with Gasteiger partial charge in [0.2, 0.25) is 0 Å². The number of amides is 1. The van der Waals surface area contributed by atoms with Gasteiger partial charge >= 0.3 is 7.12 Å². The Bertz CT molecular complexity index is 680. The number of carbonyl (C=O) groups is 1. The molecule has 0 radical (unpaired) electrons. The number of rotatable bonds is 3. The first-order valence-corrected chi connectivity index (χ1v) is 8.99. The molecule has 2 heterocycles. The third-order valence-electron chi connectivity index (χ3n) is 6.28. The molecule has 0 aromatic heterocycles. The molecule has 0 spiro atoms. The van der Waals surface area contributed by atoms with Crippen molar-refractivity contribution in [1.29, 1.82) is 0 Å². The van der Waals surface area contributed by atoms with Crippen LogP contribution >= 0.6 is 0 Å². The van der Waals surface area contributed by atoms with E-state index in [-0.39, 0.29) is 24.2 Å². The molecule has 2 fully saturated rings. The first-order valence-electron chi connectivity index (χ1n) is 8.99. The van der Waals surface area contributed by atoms with Crippen molar-refractivity contribution in [2.75, 3.05) is 0 Å². The summed E-state index contributed by atoms with van der Waals surface area (Å²) in [6.07, 6.45) is 2.50. The van der Waals surface area contributed by atoms with Gasteiger partial charge in [0.05, 0.1) is 11.2 Å². The molecule has 1 saturated heterocycles. The summed E-state index contributed by atoms with van der Waals surface area (Å²) in [6.45, 7) is 11.1. The van der Waals surface area contributed by atoms with Crippen molar-refractivity contribution in [2.24, 2.45) is 5.92 Å². The summed E-state index contributed by atoms with van der Waals surface area (Å²) in [5.41, 5.74) is 2.24. The fraction of sp³-hybridized carbons (Fsp3) is 0.632. The predicted molar refractivity (Wildman–Crippen MR) is 94.2 cm³/mol. The van der Waals surface area contributed by atoms with Gasteiger partial charge in [-0.3, -0.25) is 4.79 Å². The van der Waals surface area contributed by atoms with E-state index in [1.807, 2.05) is 17.0 Å². The van der Waals surface area contributed by atoms with Crippen molar-refractivity contribution in [1.82, 2.24) is 4.90 Å². The average molecular weight is 327 g/mol. The van der Waals surface area contributed by atoms with Crippen LogP contribution in [0.2, 0.25) is 0 Å². The minimum atomic E-state index is -0.370. The van der Waals surface area contributed by atoms with Crippen LogP contribution in [-0.2, 0) is 15.9 Å². The van der Waals surface area contributed by atoms with Gasteiger partial charge in [-0.2, -0.15) is 0 Å². The molecular formula is C19H26BNO3. The normalized spacial score (nSPS) is 26.0. The van der Waals surface area contributed by atoms with Crippen LogP contribution in [0.5, 0.6) is 0 Å². The van der Waals surface area contributed by atoms with E-state index in [1.54, 1.807) is 0 Å². The van der Waals surface area contributed by atoms with E-state index in [2.05, 4.69) is 40.7 Å². The summed E-state index contributed by atoms with van der Waals surface area (Å²) < 4.78 is 12.3. The maximum atomic E-state index is 12.7. The average Bonchev–Trinajstić information content (AvgIpc) is 3.26. The molecule has 1 aromatic rings. The highest BCUT2D eigenvalue weighted by atomic mass is 16.7. The van der Waals surface area contributed by atoms with Crippen LogP contribution in [0.3, 0.4) is 0 Å². The molecule has 128 valence electrons. The lowest BCUT2D eigenvalue weighted by atomic mass is 9.78. The second-order valence-corrected chi connectivity index (χ2v) is 8.52. The zero-order valence-corrected chi connectivity index (χ0v) is 15.3. The van der Waals surface area contributed by atoms with Gasteiger partial charge < -0.3 is 14.2 Å². The first-order chi connectivity index (χ1) is 11.2. The van der Waals surface area contributed by atoms with E-state index >= 15 is 0 Å². The second kappa shape index (κ2) is 5.09. The maximum Gasteiger partial charge on any atom is 0.494 e. The summed E-state index contributed by atoms with van der Waals surface area (Å²) in [6, 6.07) is 6.35. The molecule has 24 heavy (non-hydrogen) atoms.